The molecule has 0 fully saturated rings. The van der Waals surface area contributed by atoms with Gasteiger partial charge < -0.3 is 19.8 Å². The zero-order valence-corrected chi connectivity index (χ0v) is 11.8. The Labute approximate surface area is 117 Å². The van der Waals surface area contributed by atoms with Gasteiger partial charge in [0, 0.05) is 12.1 Å². The molecule has 5 nitrogen and oxygen atoms in total. The summed E-state index contributed by atoms with van der Waals surface area (Å²) in [5.41, 5.74) is 7.26. The van der Waals surface area contributed by atoms with Gasteiger partial charge in [0.25, 0.3) is 5.56 Å². The van der Waals surface area contributed by atoms with Crippen LogP contribution in [0.5, 0.6) is 11.5 Å². The van der Waals surface area contributed by atoms with Gasteiger partial charge >= 0.3 is 0 Å². The van der Waals surface area contributed by atoms with Crippen molar-refractivity contribution in [2.75, 3.05) is 20.0 Å². The fourth-order valence-corrected chi connectivity index (χ4v) is 2.16. The standard InChI is InChI=1S/C15H18N2O3/c1-4-17-13(7-6-12(16)15(17)18)11-9-10(19-2)5-8-14(11)20-3/h5-9H,4,16H2,1-3H3. The molecule has 0 bridgehead atoms. The van der Waals surface area contributed by atoms with Crippen LogP contribution in [0, 0.1) is 0 Å². The number of hydrogen-bond donors (Lipinski definition) is 1. The quantitative estimate of drug-likeness (QED) is 0.927. The number of nitrogens with two attached hydrogens (primary N) is 1. The van der Waals surface area contributed by atoms with Crippen LogP contribution in [0.4, 0.5) is 5.69 Å². The lowest BCUT2D eigenvalue weighted by atomic mass is 10.1. The van der Waals surface area contributed by atoms with E-state index in [4.69, 9.17) is 15.2 Å². The van der Waals surface area contributed by atoms with Crippen molar-refractivity contribution in [3.63, 3.8) is 0 Å². The number of nitrogens with zero attached hydrogens (tertiary/aromatic N) is 1. The van der Waals surface area contributed by atoms with Gasteiger partial charge in [-0.2, -0.15) is 0 Å². The molecule has 0 saturated carbocycles. The van der Waals surface area contributed by atoms with Gasteiger partial charge in [0.1, 0.15) is 11.5 Å². The third-order valence-corrected chi connectivity index (χ3v) is 3.20. The third kappa shape index (κ3) is 2.34. The summed E-state index contributed by atoms with van der Waals surface area (Å²) in [6, 6.07) is 8.90. The van der Waals surface area contributed by atoms with Crippen LogP contribution < -0.4 is 20.8 Å². The second-order valence-electron chi connectivity index (χ2n) is 4.29. The molecule has 0 unspecified atom stereocenters. The van der Waals surface area contributed by atoms with Crippen molar-refractivity contribution < 1.29 is 9.47 Å². The fourth-order valence-electron chi connectivity index (χ4n) is 2.16. The first kappa shape index (κ1) is 14.0. The predicted octanol–water partition coefficient (Wildman–Crippen LogP) is 2.13. The molecule has 2 aromatic rings. The average molecular weight is 274 g/mol. The molecule has 0 spiro atoms. The molecule has 0 aliphatic heterocycles. The maximum absolute atomic E-state index is 12.1. The van der Waals surface area contributed by atoms with Crippen LogP contribution in [0.1, 0.15) is 6.92 Å². The van der Waals surface area contributed by atoms with Gasteiger partial charge in [0.05, 0.1) is 25.6 Å². The number of hydrogen-bond acceptors (Lipinski definition) is 4. The van der Waals surface area contributed by atoms with Crippen molar-refractivity contribution >= 4 is 5.69 Å². The van der Waals surface area contributed by atoms with Gasteiger partial charge in [-0.3, -0.25) is 4.79 Å². The average Bonchev–Trinajstić information content (AvgIpc) is 2.49. The Morgan fingerprint density at radius 1 is 1.15 bits per heavy atom. The molecule has 106 valence electrons. The van der Waals surface area contributed by atoms with Crippen LogP contribution in [-0.4, -0.2) is 18.8 Å². The molecule has 1 heterocycles. The summed E-state index contributed by atoms with van der Waals surface area (Å²) in [5, 5.41) is 0. The predicted molar refractivity (Wildman–Crippen MR) is 79.3 cm³/mol. The van der Waals surface area contributed by atoms with Crippen molar-refractivity contribution in [2.45, 2.75) is 13.5 Å². The minimum Gasteiger partial charge on any atom is -0.497 e. The minimum absolute atomic E-state index is 0.199. The Kier molecular flexibility index (Phi) is 3.98. The van der Waals surface area contributed by atoms with Crippen LogP contribution in [0.2, 0.25) is 0 Å². The highest BCUT2D eigenvalue weighted by atomic mass is 16.5. The summed E-state index contributed by atoms with van der Waals surface area (Å²) in [4.78, 5) is 12.1. The second kappa shape index (κ2) is 5.69. The SMILES string of the molecule is CCn1c(-c2cc(OC)ccc2OC)ccc(N)c1=O. The van der Waals surface area contributed by atoms with Crippen molar-refractivity contribution in [1.29, 1.82) is 0 Å². The van der Waals surface area contributed by atoms with Crippen molar-refractivity contribution in [3.8, 4) is 22.8 Å². The summed E-state index contributed by atoms with van der Waals surface area (Å²) in [5.74, 6) is 1.38. The Morgan fingerprint density at radius 2 is 1.90 bits per heavy atom. The van der Waals surface area contributed by atoms with Gasteiger partial charge in [-0.25, -0.2) is 0 Å². The Hall–Kier alpha value is -2.43. The van der Waals surface area contributed by atoms with E-state index in [0.29, 0.717) is 18.0 Å². The summed E-state index contributed by atoms with van der Waals surface area (Å²) in [6.07, 6.45) is 0. The zero-order valence-electron chi connectivity index (χ0n) is 11.8. The number of anilines is 1. The number of benzene rings is 1. The van der Waals surface area contributed by atoms with E-state index in [0.717, 1.165) is 11.3 Å². The Bertz CT molecular complexity index is 677. The first-order chi connectivity index (χ1) is 9.62. The lowest BCUT2D eigenvalue weighted by Crippen LogP contribution is -2.23. The molecule has 0 aliphatic rings. The molecular formula is C15H18N2O3. The molecule has 0 radical (unpaired) electrons. The van der Waals surface area contributed by atoms with Gasteiger partial charge in [-0.15, -0.1) is 0 Å². The molecule has 0 atom stereocenters. The Balaban J connectivity index is 2.73. The minimum atomic E-state index is -0.199. The van der Waals surface area contributed by atoms with Gasteiger partial charge in [0.15, 0.2) is 0 Å². The summed E-state index contributed by atoms with van der Waals surface area (Å²) < 4.78 is 12.2. The highest BCUT2D eigenvalue weighted by molar-refractivity contribution is 5.70. The number of pyridine rings is 1. The highest BCUT2D eigenvalue weighted by Crippen LogP contribution is 2.33. The normalized spacial score (nSPS) is 10.3. The number of methoxy groups -OCH3 is 2. The number of rotatable bonds is 4. The summed E-state index contributed by atoms with van der Waals surface area (Å²) in [7, 11) is 3.19. The molecule has 2 rings (SSSR count). The maximum atomic E-state index is 12.1. The third-order valence-electron chi connectivity index (χ3n) is 3.20. The zero-order chi connectivity index (χ0) is 14.7. The summed E-state index contributed by atoms with van der Waals surface area (Å²) in [6.45, 7) is 2.43. The van der Waals surface area contributed by atoms with Crippen LogP contribution in [0.15, 0.2) is 35.1 Å². The van der Waals surface area contributed by atoms with E-state index in [1.54, 1.807) is 24.9 Å². The Morgan fingerprint density at radius 3 is 2.50 bits per heavy atom. The molecule has 0 saturated heterocycles. The summed E-state index contributed by atoms with van der Waals surface area (Å²) >= 11 is 0. The van der Waals surface area contributed by atoms with Gasteiger partial charge in [-0.1, -0.05) is 0 Å². The largest absolute Gasteiger partial charge is 0.497 e. The van der Waals surface area contributed by atoms with Gasteiger partial charge in [0.2, 0.25) is 0 Å². The highest BCUT2D eigenvalue weighted by Gasteiger charge is 2.13. The maximum Gasteiger partial charge on any atom is 0.274 e. The first-order valence-electron chi connectivity index (χ1n) is 6.34. The molecule has 0 aliphatic carbocycles. The smallest absolute Gasteiger partial charge is 0.274 e. The van der Waals surface area contributed by atoms with Crippen LogP contribution in [-0.2, 0) is 6.54 Å². The fraction of sp³-hybridized carbons (Fsp3) is 0.267. The van der Waals surface area contributed by atoms with Crippen molar-refractivity contribution in [1.82, 2.24) is 4.57 Å². The molecule has 5 heteroatoms. The van der Waals surface area contributed by atoms with E-state index >= 15 is 0 Å². The molecule has 2 N–H and O–H groups in total. The van der Waals surface area contributed by atoms with Crippen LogP contribution in [0.25, 0.3) is 11.3 Å². The van der Waals surface area contributed by atoms with E-state index in [1.165, 1.54) is 0 Å². The van der Waals surface area contributed by atoms with Crippen molar-refractivity contribution in [3.05, 3.63) is 40.7 Å². The first-order valence-corrected chi connectivity index (χ1v) is 6.34. The lowest BCUT2D eigenvalue weighted by molar-refractivity contribution is 0.404. The topological polar surface area (TPSA) is 66.5 Å². The monoisotopic (exact) mass is 274 g/mol. The molecule has 1 aromatic heterocycles. The molecular weight excluding hydrogens is 256 g/mol. The van der Waals surface area contributed by atoms with E-state index in [9.17, 15) is 4.79 Å². The number of nitrogen functional groups attached to an aromatic ring is 1. The number of ether oxygens (including phenoxy) is 2. The van der Waals surface area contributed by atoms with E-state index < -0.39 is 0 Å². The van der Waals surface area contributed by atoms with Gasteiger partial charge in [-0.05, 0) is 37.3 Å². The van der Waals surface area contributed by atoms with Crippen LogP contribution >= 0.6 is 0 Å². The second-order valence-corrected chi connectivity index (χ2v) is 4.29. The van der Waals surface area contributed by atoms with Crippen LogP contribution in [0.3, 0.4) is 0 Å². The molecule has 1 aromatic carbocycles. The lowest BCUT2D eigenvalue weighted by Gasteiger charge is -2.15. The molecule has 20 heavy (non-hydrogen) atoms. The number of aromatic nitrogens is 1. The molecule has 0 amide bonds. The van der Waals surface area contributed by atoms with E-state index in [2.05, 4.69) is 0 Å². The van der Waals surface area contributed by atoms with E-state index in [1.807, 2.05) is 31.2 Å². The van der Waals surface area contributed by atoms with E-state index in [-0.39, 0.29) is 11.2 Å². The van der Waals surface area contributed by atoms with Crippen molar-refractivity contribution in [2.24, 2.45) is 0 Å².